The number of aromatic nitrogens is 3. The fourth-order valence-electron chi connectivity index (χ4n) is 1.31. The number of rotatable bonds is 3. The summed E-state index contributed by atoms with van der Waals surface area (Å²) in [5.41, 5.74) is 6.21. The first-order valence-electron chi connectivity index (χ1n) is 4.74. The Kier molecular flexibility index (Phi) is 2.86. The minimum atomic E-state index is -0.361. The number of fused-ring (bicyclic) bond motifs is 1. The van der Waals surface area contributed by atoms with Gasteiger partial charge in [0.1, 0.15) is 0 Å². The zero-order valence-electron chi connectivity index (χ0n) is 8.74. The number of hydrogen-bond acceptors (Lipinski definition) is 5. The van der Waals surface area contributed by atoms with E-state index in [1.165, 1.54) is 16.9 Å². The number of hydrogen-bond donors (Lipinski definition) is 3. The largest absolute Gasteiger partial charge is 0.409 e. The topological polar surface area (TPSA) is 118 Å². The van der Waals surface area contributed by atoms with E-state index in [1.807, 2.05) is 0 Å². The SMILES string of the molecule is N/C(CNC(=O)c1cnn2ccncc12)=N/O. The molecule has 4 N–H and O–H groups in total. The number of carbonyl (C=O) groups excluding carboxylic acids is 1. The van der Waals surface area contributed by atoms with Crippen LogP contribution in [-0.2, 0) is 0 Å². The third-order valence-electron chi connectivity index (χ3n) is 2.13. The van der Waals surface area contributed by atoms with Crippen molar-refractivity contribution in [1.29, 1.82) is 0 Å². The Hall–Kier alpha value is -2.64. The van der Waals surface area contributed by atoms with Crippen molar-refractivity contribution in [1.82, 2.24) is 19.9 Å². The summed E-state index contributed by atoms with van der Waals surface area (Å²) in [4.78, 5) is 15.7. The van der Waals surface area contributed by atoms with E-state index in [2.05, 4.69) is 20.6 Å². The third kappa shape index (κ3) is 2.14. The van der Waals surface area contributed by atoms with Crippen LogP contribution in [0.2, 0.25) is 0 Å². The lowest BCUT2D eigenvalue weighted by molar-refractivity contribution is 0.0960. The van der Waals surface area contributed by atoms with Crippen molar-refractivity contribution < 1.29 is 10.0 Å². The Balaban J connectivity index is 2.19. The van der Waals surface area contributed by atoms with Crippen molar-refractivity contribution in [2.24, 2.45) is 10.9 Å². The molecule has 0 aliphatic carbocycles. The van der Waals surface area contributed by atoms with Gasteiger partial charge in [-0.2, -0.15) is 5.10 Å². The van der Waals surface area contributed by atoms with Crippen molar-refractivity contribution in [2.45, 2.75) is 0 Å². The molecule has 0 bridgehead atoms. The lowest BCUT2D eigenvalue weighted by atomic mass is 10.3. The van der Waals surface area contributed by atoms with Crippen LogP contribution >= 0.6 is 0 Å². The van der Waals surface area contributed by atoms with E-state index < -0.39 is 0 Å². The van der Waals surface area contributed by atoms with Crippen LogP contribution in [0.25, 0.3) is 5.52 Å². The molecule has 0 spiro atoms. The molecular formula is C9H10N6O2. The normalized spacial score (nSPS) is 11.6. The van der Waals surface area contributed by atoms with Gasteiger partial charge in [0.2, 0.25) is 0 Å². The molecule has 88 valence electrons. The second-order valence-corrected chi connectivity index (χ2v) is 3.24. The fraction of sp³-hybridized carbons (Fsp3) is 0.111. The lowest BCUT2D eigenvalue weighted by Gasteiger charge is -2.01. The Morgan fingerprint density at radius 1 is 1.59 bits per heavy atom. The monoisotopic (exact) mass is 234 g/mol. The third-order valence-corrected chi connectivity index (χ3v) is 2.13. The summed E-state index contributed by atoms with van der Waals surface area (Å²) in [7, 11) is 0. The smallest absolute Gasteiger partial charge is 0.255 e. The number of amidine groups is 1. The minimum Gasteiger partial charge on any atom is -0.409 e. The average Bonchev–Trinajstić information content (AvgIpc) is 2.79. The van der Waals surface area contributed by atoms with E-state index in [0.29, 0.717) is 11.1 Å². The predicted molar refractivity (Wildman–Crippen MR) is 58.7 cm³/mol. The molecule has 0 unspecified atom stereocenters. The fourth-order valence-corrected chi connectivity index (χ4v) is 1.31. The van der Waals surface area contributed by atoms with E-state index in [1.54, 1.807) is 12.4 Å². The van der Waals surface area contributed by atoms with Crippen LogP contribution in [0.4, 0.5) is 0 Å². The maximum Gasteiger partial charge on any atom is 0.255 e. The summed E-state index contributed by atoms with van der Waals surface area (Å²) in [5, 5.41) is 17.6. The Morgan fingerprint density at radius 3 is 3.18 bits per heavy atom. The lowest BCUT2D eigenvalue weighted by Crippen LogP contribution is -2.33. The first-order valence-corrected chi connectivity index (χ1v) is 4.74. The molecule has 8 nitrogen and oxygen atoms in total. The quantitative estimate of drug-likeness (QED) is 0.278. The highest BCUT2D eigenvalue weighted by molar-refractivity contribution is 6.02. The predicted octanol–water partition coefficient (Wildman–Crippen LogP) is -0.794. The van der Waals surface area contributed by atoms with Crippen molar-refractivity contribution in [3.8, 4) is 0 Å². The van der Waals surface area contributed by atoms with Gasteiger partial charge in [0.05, 0.1) is 30.0 Å². The zero-order chi connectivity index (χ0) is 12.3. The first kappa shape index (κ1) is 10.9. The molecule has 8 heteroatoms. The van der Waals surface area contributed by atoms with Gasteiger partial charge in [0.25, 0.3) is 5.91 Å². The first-order chi connectivity index (χ1) is 8.22. The molecule has 0 fully saturated rings. The average molecular weight is 234 g/mol. The summed E-state index contributed by atoms with van der Waals surface area (Å²) in [5.74, 6) is -0.437. The van der Waals surface area contributed by atoms with Crippen molar-refractivity contribution in [3.63, 3.8) is 0 Å². The van der Waals surface area contributed by atoms with Gasteiger partial charge in [0, 0.05) is 12.4 Å². The van der Waals surface area contributed by atoms with Crippen LogP contribution in [0.5, 0.6) is 0 Å². The van der Waals surface area contributed by atoms with Gasteiger partial charge in [-0.05, 0) is 0 Å². The van der Waals surface area contributed by atoms with Gasteiger partial charge in [-0.3, -0.25) is 9.78 Å². The van der Waals surface area contributed by atoms with Gasteiger partial charge in [-0.25, -0.2) is 4.52 Å². The van der Waals surface area contributed by atoms with Crippen molar-refractivity contribution in [3.05, 3.63) is 30.4 Å². The number of oxime groups is 1. The van der Waals surface area contributed by atoms with Crippen LogP contribution in [0.1, 0.15) is 10.4 Å². The minimum absolute atomic E-state index is 0.0348. The highest BCUT2D eigenvalue weighted by Crippen LogP contribution is 2.07. The Labute approximate surface area is 95.7 Å². The Morgan fingerprint density at radius 2 is 2.41 bits per heavy atom. The molecule has 2 aromatic rings. The molecule has 0 aliphatic rings. The Bertz CT molecular complexity index is 576. The van der Waals surface area contributed by atoms with E-state index in [-0.39, 0.29) is 18.3 Å². The number of amides is 1. The van der Waals surface area contributed by atoms with Crippen LogP contribution < -0.4 is 11.1 Å². The van der Waals surface area contributed by atoms with Crippen molar-refractivity contribution in [2.75, 3.05) is 6.54 Å². The van der Waals surface area contributed by atoms with Gasteiger partial charge >= 0.3 is 0 Å². The molecular weight excluding hydrogens is 224 g/mol. The van der Waals surface area contributed by atoms with Crippen molar-refractivity contribution >= 4 is 17.3 Å². The van der Waals surface area contributed by atoms with Crippen LogP contribution in [0, 0.1) is 0 Å². The number of nitrogens with one attached hydrogen (secondary N) is 1. The maximum absolute atomic E-state index is 11.8. The van der Waals surface area contributed by atoms with E-state index in [9.17, 15) is 4.79 Å². The highest BCUT2D eigenvalue weighted by Gasteiger charge is 2.12. The van der Waals surface area contributed by atoms with Gasteiger partial charge in [0.15, 0.2) is 5.84 Å². The molecule has 2 heterocycles. The summed E-state index contributed by atoms with van der Waals surface area (Å²) in [6.45, 7) is -0.0348. The molecule has 2 aromatic heterocycles. The molecule has 0 radical (unpaired) electrons. The standard InChI is InChI=1S/C9H10N6O2/c10-8(14-17)5-12-9(16)6-3-13-15-2-1-11-4-7(6)15/h1-4,17H,5H2,(H2,10,14)(H,12,16). The molecule has 0 aromatic carbocycles. The van der Waals surface area contributed by atoms with E-state index >= 15 is 0 Å². The van der Waals surface area contributed by atoms with E-state index in [4.69, 9.17) is 10.9 Å². The van der Waals surface area contributed by atoms with Gasteiger partial charge < -0.3 is 16.3 Å². The number of nitrogens with two attached hydrogens (primary N) is 1. The molecule has 17 heavy (non-hydrogen) atoms. The van der Waals surface area contributed by atoms with Gasteiger partial charge in [-0.1, -0.05) is 5.16 Å². The van der Waals surface area contributed by atoms with Crippen LogP contribution in [0.15, 0.2) is 29.9 Å². The second-order valence-electron chi connectivity index (χ2n) is 3.24. The highest BCUT2D eigenvalue weighted by atomic mass is 16.4. The molecule has 1 amide bonds. The summed E-state index contributed by atoms with van der Waals surface area (Å²) in [6, 6.07) is 0. The molecule has 0 saturated carbocycles. The molecule has 0 aliphatic heterocycles. The van der Waals surface area contributed by atoms with Crippen LogP contribution in [-0.4, -0.2) is 38.1 Å². The maximum atomic E-state index is 11.8. The molecule has 0 saturated heterocycles. The van der Waals surface area contributed by atoms with Gasteiger partial charge in [-0.15, -0.1) is 0 Å². The van der Waals surface area contributed by atoms with E-state index in [0.717, 1.165) is 0 Å². The second kappa shape index (κ2) is 4.47. The van der Waals surface area contributed by atoms with Crippen LogP contribution in [0.3, 0.4) is 0 Å². The summed E-state index contributed by atoms with van der Waals surface area (Å²) >= 11 is 0. The molecule has 2 rings (SSSR count). The zero-order valence-corrected chi connectivity index (χ0v) is 8.74. The summed E-state index contributed by atoms with van der Waals surface area (Å²) < 4.78 is 1.53. The number of nitrogens with zero attached hydrogens (tertiary/aromatic N) is 4. The molecule has 0 atom stereocenters. The summed E-state index contributed by atoms with van der Waals surface area (Å²) in [6.07, 6.45) is 6.16. The number of carbonyl (C=O) groups is 1.